The summed E-state index contributed by atoms with van der Waals surface area (Å²) in [5.41, 5.74) is 3.15. The lowest BCUT2D eigenvalue weighted by atomic mass is 9.88. The van der Waals surface area contributed by atoms with Crippen LogP contribution in [-0.4, -0.2) is 33.3 Å². The maximum absolute atomic E-state index is 13.2. The number of alkyl halides is 3. The molecule has 3 heterocycles. The van der Waals surface area contributed by atoms with Crippen molar-refractivity contribution < 1.29 is 13.2 Å². The molecule has 4 rings (SSSR count). The van der Waals surface area contributed by atoms with E-state index in [0.29, 0.717) is 22.5 Å². The highest BCUT2D eigenvalue weighted by Gasteiger charge is 2.31. The largest absolute Gasteiger partial charge is 0.416 e. The van der Waals surface area contributed by atoms with E-state index in [-0.39, 0.29) is 5.92 Å². The van der Waals surface area contributed by atoms with Gasteiger partial charge < -0.3 is 5.32 Å². The molecular weight excluding hydrogens is 379 g/mol. The predicted molar refractivity (Wildman–Crippen MR) is 103 cm³/mol. The molecule has 0 spiro atoms. The average Bonchev–Trinajstić information content (AvgIpc) is 2.74. The van der Waals surface area contributed by atoms with Crippen molar-refractivity contribution in [1.82, 2.24) is 25.5 Å². The van der Waals surface area contributed by atoms with E-state index in [1.807, 2.05) is 6.92 Å². The lowest BCUT2D eigenvalue weighted by molar-refractivity contribution is -0.137. The predicted octanol–water partition coefficient (Wildman–Crippen LogP) is 4.39. The van der Waals surface area contributed by atoms with Crippen molar-refractivity contribution in [2.75, 3.05) is 13.1 Å². The highest BCUT2D eigenvalue weighted by molar-refractivity contribution is 5.81. The number of nitrogens with zero attached hydrogens (tertiary/aromatic N) is 4. The molecule has 1 fully saturated rings. The molecule has 0 unspecified atom stereocenters. The molecule has 0 saturated carbocycles. The van der Waals surface area contributed by atoms with Crippen LogP contribution in [0.2, 0.25) is 0 Å². The van der Waals surface area contributed by atoms with E-state index in [2.05, 4.69) is 25.5 Å². The highest BCUT2D eigenvalue weighted by Crippen LogP contribution is 2.38. The zero-order valence-electron chi connectivity index (χ0n) is 15.9. The average molecular weight is 399 g/mol. The van der Waals surface area contributed by atoms with Crippen LogP contribution in [0.25, 0.3) is 22.5 Å². The summed E-state index contributed by atoms with van der Waals surface area (Å²) >= 11 is 0. The first-order valence-corrected chi connectivity index (χ1v) is 9.47. The fraction of sp³-hybridized carbons (Fsp3) is 0.333. The van der Waals surface area contributed by atoms with Crippen LogP contribution in [0.3, 0.4) is 0 Å². The third-order valence-electron chi connectivity index (χ3n) is 5.28. The summed E-state index contributed by atoms with van der Waals surface area (Å²) in [7, 11) is 0. The summed E-state index contributed by atoms with van der Waals surface area (Å²) < 4.78 is 39.7. The van der Waals surface area contributed by atoms with Gasteiger partial charge in [0.25, 0.3) is 0 Å². The maximum atomic E-state index is 13.2. The number of benzene rings is 1. The molecule has 1 aliphatic heterocycles. The lowest BCUT2D eigenvalue weighted by Gasteiger charge is -2.24. The first kappa shape index (κ1) is 19.4. The van der Waals surface area contributed by atoms with Gasteiger partial charge in [-0.05, 0) is 56.6 Å². The lowest BCUT2D eigenvalue weighted by Crippen LogP contribution is -2.27. The van der Waals surface area contributed by atoms with E-state index in [0.717, 1.165) is 49.3 Å². The molecule has 5 nitrogen and oxygen atoms in total. The summed E-state index contributed by atoms with van der Waals surface area (Å²) in [6.07, 6.45) is 0.503. The molecule has 0 amide bonds. The summed E-state index contributed by atoms with van der Waals surface area (Å²) in [5, 5.41) is 12.2. The number of nitrogens with one attached hydrogen (secondary N) is 1. The van der Waals surface area contributed by atoms with Gasteiger partial charge in [0.2, 0.25) is 0 Å². The molecule has 0 bridgehead atoms. The Morgan fingerprint density at radius 3 is 2.55 bits per heavy atom. The Balaban J connectivity index is 1.89. The SMILES string of the molecule is Cc1c(C2CCNCC2)nnc(-c2cccc(C(F)(F)F)c2)c1-c1ccncn1. The minimum Gasteiger partial charge on any atom is -0.317 e. The van der Waals surface area contributed by atoms with Crippen molar-refractivity contribution >= 4 is 0 Å². The normalized spacial score (nSPS) is 15.4. The molecule has 0 radical (unpaired) electrons. The summed E-state index contributed by atoms with van der Waals surface area (Å²) in [4.78, 5) is 8.30. The second kappa shape index (κ2) is 7.87. The first-order chi connectivity index (χ1) is 13.9. The molecule has 1 N–H and O–H groups in total. The molecule has 0 atom stereocenters. The van der Waals surface area contributed by atoms with Crippen molar-refractivity contribution in [2.24, 2.45) is 0 Å². The van der Waals surface area contributed by atoms with Gasteiger partial charge >= 0.3 is 6.18 Å². The van der Waals surface area contributed by atoms with E-state index in [1.165, 1.54) is 12.4 Å². The Hall–Kier alpha value is -2.87. The third kappa shape index (κ3) is 3.98. The number of rotatable bonds is 3. The van der Waals surface area contributed by atoms with Gasteiger partial charge in [-0.1, -0.05) is 12.1 Å². The quantitative estimate of drug-likeness (QED) is 0.708. The second-order valence-electron chi connectivity index (χ2n) is 7.13. The number of hydrogen-bond acceptors (Lipinski definition) is 5. The molecule has 8 heteroatoms. The zero-order chi connectivity index (χ0) is 20.4. The van der Waals surface area contributed by atoms with Crippen molar-refractivity contribution in [2.45, 2.75) is 31.9 Å². The van der Waals surface area contributed by atoms with Crippen LogP contribution in [0.5, 0.6) is 0 Å². The fourth-order valence-corrected chi connectivity index (χ4v) is 3.81. The van der Waals surface area contributed by atoms with Gasteiger partial charge in [-0.2, -0.15) is 18.3 Å². The number of hydrogen-bond donors (Lipinski definition) is 1. The van der Waals surface area contributed by atoms with Crippen LogP contribution >= 0.6 is 0 Å². The van der Waals surface area contributed by atoms with E-state index >= 15 is 0 Å². The third-order valence-corrected chi connectivity index (χ3v) is 5.28. The smallest absolute Gasteiger partial charge is 0.317 e. The monoisotopic (exact) mass is 399 g/mol. The Morgan fingerprint density at radius 2 is 1.86 bits per heavy atom. The van der Waals surface area contributed by atoms with Crippen LogP contribution in [0, 0.1) is 6.92 Å². The van der Waals surface area contributed by atoms with E-state index in [4.69, 9.17) is 0 Å². The Labute approximate surface area is 166 Å². The van der Waals surface area contributed by atoms with Crippen molar-refractivity contribution in [3.05, 3.63) is 59.7 Å². The van der Waals surface area contributed by atoms with E-state index < -0.39 is 11.7 Å². The number of piperidine rings is 1. The Morgan fingerprint density at radius 1 is 1.07 bits per heavy atom. The summed E-state index contributed by atoms with van der Waals surface area (Å²) in [5.74, 6) is 0.264. The fourth-order valence-electron chi connectivity index (χ4n) is 3.81. The van der Waals surface area contributed by atoms with Crippen LogP contribution in [0.4, 0.5) is 13.2 Å². The number of aromatic nitrogens is 4. The molecule has 1 aliphatic rings. The van der Waals surface area contributed by atoms with Crippen molar-refractivity contribution in [3.8, 4) is 22.5 Å². The summed E-state index contributed by atoms with van der Waals surface area (Å²) in [6, 6.07) is 6.91. The van der Waals surface area contributed by atoms with Crippen molar-refractivity contribution in [3.63, 3.8) is 0 Å². The summed E-state index contributed by atoms with van der Waals surface area (Å²) in [6.45, 7) is 3.76. The standard InChI is InChI=1S/C21H20F3N5/c1-13-18(17-7-10-26-12-27-17)20(15-3-2-4-16(11-15)21(22,23)24)29-28-19(13)14-5-8-25-9-6-14/h2-4,7,10-12,14,25H,5-6,8-9H2,1H3. The Kier molecular flexibility index (Phi) is 5.27. The minimum absolute atomic E-state index is 0.264. The molecule has 150 valence electrons. The van der Waals surface area contributed by atoms with Crippen LogP contribution in [-0.2, 0) is 6.18 Å². The Bertz CT molecular complexity index is 999. The maximum Gasteiger partial charge on any atom is 0.416 e. The molecule has 2 aromatic heterocycles. The molecular formula is C21H20F3N5. The molecule has 0 aliphatic carbocycles. The van der Waals surface area contributed by atoms with Gasteiger partial charge in [-0.3, -0.25) is 0 Å². The van der Waals surface area contributed by atoms with Crippen molar-refractivity contribution in [1.29, 1.82) is 0 Å². The molecule has 1 saturated heterocycles. The van der Waals surface area contributed by atoms with Gasteiger partial charge in [-0.25, -0.2) is 9.97 Å². The minimum atomic E-state index is -4.43. The molecule has 3 aromatic rings. The van der Waals surface area contributed by atoms with Crippen LogP contribution < -0.4 is 5.32 Å². The molecule has 29 heavy (non-hydrogen) atoms. The zero-order valence-corrected chi connectivity index (χ0v) is 15.9. The number of halogens is 3. The van der Waals surface area contributed by atoms with E-state index in [1.54, 1.807) is 18.3 Å². The van der Waals surface area contributed by atoms with Gasteiger partial charge in [0.05, 0.1) is 17.0 Å². The van der Waals surface area contributed by atoms with Gasteiger partial charge in [0.15, 0.2) is 0 Å². The highest BCUT2D eigenvalue weighted by atomic mass is 19.4. The van der Waals surface area contributed by atoms with Gasteiger partial charge in [0.1, 0.15) is 12.0 Å². The molecule has 1 aromatic carbocycles. The topological polar surface area (TPSA) is 63.6 Å². The second-order valence-corrected chi connectivity index (χ2v) is 7.13. The van der Waals surface area contributed by atoms with Gasteiger partial charge in [-0.15, -0.1) is 5.10 Å². The first-order valence-electron chi connectivity index (χ1n) is 9.47. The van der Waals surface area contributed by atoms with Gasteiger partial charge in [0, 0.05) is 23.2 Å². The van der Waals surface area contributed by atoms with E-state index in [9.17, 15) is 13.2 Å². The van der Waals surface area contributed by atoms with Crippen LogP contribution in [0.15, 0.2) is 42.9 Å². The van der Waals surface area contributed by atoms with Crippen LogP contribution in [0.1, 0.15) is 35.6 Å².